The summed E-state index contributed by atoms with van der Waals surface area (Å²) >= 11 is 0. The molecular formula is C12H15N3. The summed E-state index contributed by atoms with van der Waals surface area (Å²) in [5.74, 6) is 0. The van der Waals surface area contributed by atoms with Crippen molar-refractivity contribution in [2.24, 2.45) is 5.73 Å². The van der Waals surface area contributed by atoms with Crippen LogP contribution in [0.15, 0.2) is 42.9 Å². The summed E-state index contributed by atoms with van der Waals surface area (Å²) < 4.78 is 2.10. The molecule has 15 heavy (non-hydrogen) atoms. The van der Waals surface area contributed by atoms with Crippen LogP contribution in [0.3, 0.4) is 0 Å². The minimum absolute atomic E-state index is 0.651. The largest absolute Gasteiger partial charge is 0.333 e. The Balaban J connectivity index is 2.14. The first kappa shape index (κ1) is 9.93. The van der Waals surface area contributed by atoms with Crippen LogP contribution in [0.2, 0.25) is 0 Å². The molecule has 0 atom stereocenters. The first-order chi connectivity index (χ1) is 7.40. The Morgan fingerprint density at radius 2 is 2.00 bits per heavy atom. The highest BCUT2D eigenvalue weighted by Crippen LogP contribution is 2.08. The highest BCUT2D eigenvalue weighted by atomic mass is 15.0. The summed E-state index contributed by atoms with van der Waals surface area (Å²) in [5.41, 5.74) is 8.05. The van der Waals surface area contributed by atoms with Crippen molar-refractivity contribution in [1.29, 1.82) is 0 Å². The smallest absolute Gasteiger partial charge is 0.0948 e. The molecule has 2 aromatic rings. The fourth-order valence-corrected chi connectivity index (χ4v) is 1.64. The van der Waals surface area contributed by atoms with Crippen molar-refractivity contribution in [2.45, 2.75) is 13.0 Å². The second-order valence-corrected chi connectivity index (χ2v) is 3.53. The van der Waals surface area contributed by atoms with Gasteiger partial charge in [0, 0.05) is 31.4 Å². The molecule has 0 fully saturated rings. The SMILES string of the molecule is NCCn1cncc1Cc1ccccc1. The maximum Gasteiger partial charge on any atom is 0.0948 e. The Morgan fingerprint density at radius 3 is 2.73 bits per heavy atom. The standard InChI is InChI=1S/C12H15N3/c13-6-7-15-10-14-9-12(15)8-11-4-2-1-3-5-11/h1-5,9-10H,6-8,13H2. The van der Waals surface area contributed by atoms with Gasteiger partial charge in [-0.2, -0.15) is 0 Å². The number of nitrogens with zero attached hydrogens (tertiary/aromatic N) is 2. The van der Waals surface area contributed by atoms with Crippen LogP contribution in [0.1, 0.15) is 11.3 Å². The van der Waals surface area contributed by atoms with Gasteiger partial charge in [-0.25, -0.2) is 4.98 Å². The summed E-state index contributed by atoms with van der Waals surface area (Å²) in [6.45, 7) is 1.49. The summed E-state index contributed by atoms with van der Waals surface area (Å²) in [6, 6.07) is 10.4. The Morgan fingerprint density at radius 1 is 1.20 bits per heavy atom. The molecule has 0 aliphatic rings. The zero-order chi connectivity index (χ0) is 10.5. The van der Waals surface area contributed by atoms with E-state index in [1.807, 2.05) is 18.6 Å². The van der Waals surface area contributed by atoms with E-state index in [9.17, 15) is 0 Å². The number of aromatic nitrogens is 2. The molecule has 0 aliphatic heterocycles. The predicted octanol–water partition coefficient (Wildman–Crippen LogP) is 1.43. The maximum absolute atomic E-state index is 5.53. The van der Waals surface area contributed by atoms with E-state index >= 15 is 0 Å². The van der Waals surface area contributed by atoms with E-state index in [-0.39, 0.29) is 0 Å². The average molecular weight is 201 g/mol. The van der Waals surface area contributed by atoms with E-state index in [2.05, 4.69) is 33.8 Å². The lowest BCUT2D eigenvalue weighted by atomic mass is 10.1. The van der Waals surface area contributed by atoms with Crippen molar-refractivity contribution < 1.29 is 0 Å². The summed E-state index contributed by atoms with van der Waals surface area (Å²) in [7, 11) is 0. The number of imidazole rings is 1. The monoisotopic (exact) mass is 201 g/mol. The van der Waals surface area contributed by atoms with Gasteiger partial charge in [0.1, 0.15) is 0 Å². The topological polar surface area (TPSA) is 43.8 Å². The van der Waals surface area contributed by atoms with Crippen LogP contribution >= 0.6 is 0 Å². The second kappa shape index (κ2) is 4.75. The molecule has 3 nitrogen and oxygen atoms in total. The number of benzene rings is 1. The van der Waals surface area contributed by atoms with E-state index in [0.29, 0.717) is 6.54 Å². The van der Waals surface area contributed by atoms with Gasteiger partial charge in [0.15, 0.2) is 0 Å². The molecule has 0 amide bonds. The number of hydrogen-bond donors (Lipinski definition) is 1. The van der Waals surface area contributed by atoms with E-state index in [4.69, 9.17) is 5.73 Å². The van der Waals surface area contributed by atoms with E-state index in [0.717, 1.165) is 13.0 Å². The molecule has 1 heterocycles. The number of rotatable bonds is 4. The predicted molar refractivity (Wildman–Crippen MR) is 60.5 cm³/mol. The minimum Gasteiger partial charge on any atom is -0.333 e. The second-order valence-electron chi connectivity index (χ2n) is 3.53. The highest BCUT2D eigenvalue weighted by Gasteiger charge is 2.01. The lowest BCUT2D eigenvalue weighted by molar-refractivity contribution is 0.679. The van der Waals surface area contributed by atoms with E-state index < -0.39 is 0 Å². The zero-order valence-electron chi connectivity index (χ0n) is 8.63. The maximum atomic E-state index is 5.53. The lowest BCUT2D eigenvalue weighted by Gasteiger charge is -2.06. The third-order valence-corrected chi connectivity index (χ3v) is 2.40. The van der Waals surface area contributed by atoms with Crippen molar-refractivity contribution in [2.75, 3.05) is 6.54 Å². The molecule has 0 bridgehead atoms. The molecule has 0 saturated heterocycles. The van der Waals surface area contributed by atoms with Crippen molar-refractivity contribution in [1.82, 2.24) is 9.55 Å². The Hall–Kier alpha value is -1.61. The molecule has 0 radical (unpaired) electrons. The lowest BCUT2D eigenvalue weighted by Crippen LogP contribution is -2.11. The highest BCUT2D eigenvalue weighted by molar-refractivity contribution is 5.20. The zero-order valence-corrected chi connectivity index (χ0v) is 8.63. The van der Waals surface area contributed by atoms with Crippen LogP contribution in [0.25, 0.3) is 0 Å². The Bertz CT molecular complexity index is 406. The molecule has 2 N–H and O–H groups in total. The van der Waals surface area contributed by atoms with Gasteiger partial charge in [-0.05, 0) is 5.56 Å². The van der Waals surface area contributed by atoms with E-state index in [1.165, 1.54) is 11.3 Å². The fourth-order valence-electron chi connectivity index (χ4n) is 1.64. The van der Waals surface area contributed by atoms with Gasteiger partial charge in [0.25, 0.3) is 0 Å². The van der Waals surface area contributed by atoms with Crippen LogP contribution in [-0.4, -0.2) is 16.1 Å². The third kappa shape index (κ3) is 2.44. The van der Waals surface area contributed by atoms with Gasteiger partial charge < -0.3 is 10.3 Å². The quantitative estimate of drug-likeness (QED) is 0.813. The molecule has 0 aliphatic carbocycles. The van der Waals surface area contributed by atoms with Crippen molar-refractivity contribution in [3.8, 4) is 0 Å². The van der Waals surface area contributed by atoms with Crippen molar-refractivity contribution >= 4 is 0 Å². The van der Waals surface area contributed by atoms with Gasteiger partial charge in [0.05, 0.1) is 6.33 Å². The molecule has 3 heteroatoms. The molecular weight excluding hydrogens is 186 g/mol. The minimum atomic E-state index is 0.651. The van der Waals surface area contributed by atoms with Crippen LogP contribution in [0, 0.1) is 0 Å². The first-order valence-electron chi connectivity index (χ1n) is 5.13. The van der Waals surface area contributed by atoms with Crippen LogP contribution < -0.4 is 5.73 Å². The number of hydrogen-bond acceptors (Lipinski definition) is 2. The molecule has 0 spiro atoms. The van der Waals surface area contributed by atoms with Gasteiger partial charge in [0.2, 0.25) is 0 Å². The summed E-state index contributed by atoms with van der Waals surface area (Å²) in [4.78, 5) is 4.14. The van der Waals surface area contributed by atoms with Gasteiger partial charge >= 0.3 is 0 Å². The van der Waals surface area contributed by atoms with Gasteiger partial charge in [-0.3, -0.25) is 0 Å². The average Bonchev–Trinajstić information content (AvgIpc) is 2.68. The van der Waals surface area contributed by atoms with Crippen LogP contribution in [0.5, 0.6) is 0 Å². The Labute approximate surface area is 89.6 Å². The summed E-state index contributed by atoms with van der Waals surface area (Å²) in [5, 5.41) is 0. The van der Waals surface area contributed by atoms with Gasteiger partial charge in [-0.1, -0.05) is 30.3 Å². The van der Waals surface area contributed by atoms with E-state index in [1.54, 1.807) is 0 Å². The molecule has 1 aromatic heterocycles. The molecule has 1 aromatic carbocycles. The molecule has 0 unspecified atom stereocenters. The molecule has 0 saturated carbocycles. The van der Waals surface area contributed by atoms with Crippen molar-refractivity contribution in [3.05, 3.63) is 54.1 Å². The van der Waals surface area contributed by atoms with Crippen LogP contribution in [0.4, 0.5) is 0 Å². The molecule has 78 valence electrons. The summed E-state index contributed by atoms with van der Waals surface area (Å²) in [6.07, 6.45) is 4.66. The first-order valence-corrected chi connectivity index (χ1v) is 5.13. The third-order valence-electron chi connectivity index (χ3n) is 2.40. The van der Waals surface area contributed by atoms with Crippen LogP contribution in [-0.2, 0) is 13.0 Å². The Kier molecular flexibility index (Phi) is 3.15. The molecule has 2 rings (SSSR count). The van der Waals surface area contributed by atoms with Gasteiger partial charge in [-0.15, -0.1) is 0 Å². The normalized spacial score (nSPS) is 10.5. The number of nitrogens with two attached hydrogens (primary N) is 1. The van der Waals surface area contributed by atoms with Crippen molar-refractivity contribution in [3.63, 3.8) is 0 Å². The fraction of sp³-hybridized carbons (Fsp3) is 0.250.